The fourth-order valence-electron chi connectivity index (χ4n) is 1.76. The third-order valence-electron chi connectivity index (χ3n) is 2.71. The predicted molar refractivity (Wildman–Crippen MR) is 63.2 cm³/mol. The van der Waals surface area contributed by atoms with Crippen molar-refractivity contribution in [1.82, 2.24) is 5.32 Å². The Kier molecular flexibility index (Phi) is 3.91. The van der Waals surface area contributed by atoms with Crippen molar-refractivity contribution in [2.24, 2.45) is 0 Å². The first-order valence-corrected chi connectivity index (χ1v) is 6.57. The molecule has 2 heterocycles. The molecule has 0 spiro atoms. The summed E-state index contributed by atoms with van der Waals surface area (Å²) >= 11 is 1.79. The maximum absolute atomic E-state index is 10.1. The fraction of sp³-hybridized carbons (Fsp3) is 0.636. The van der Waals surface area contributed by atoms with Crippen LogP contribution in [0.25, 0.3) is 0 Å². The molecule has 1 aliphatic rings. The minimum Gasteiger partial charge on any atom is -0.462 e. The summed E-state index contributed by atoms with van der Waals surface area (Å²) in [7, 11) is 0. The summed E-state index contributed by atoms with van der Waals surface area (Å²) in [6, 6.07) is 3.60. The van der Waals surface area contributed by atoms with Gasteiger partial charge in [0.15, 0.2) is 0 Å². The molecule has 1 unspecified atom stereocenters. The van der Waals surface area contributed by atoms with Gasteiger partial charge in [0, 0.05) is 12.3 Å². The SMILES string of the molecule is OCc1ccc(CNCC2(O)CCSC2)o1. The maximum atomic E-state index is 10.1. The van der Waals surface area contributed by atoms with E-state index in [2.05, 4.69) is 5.32 Å². The van der Waals surface area contributed by atoms with Crippen LogP contribution in [0.4, 0.5) is 0 Å². The molecule has 1 aliphatic heterocycles. The smallest absolute Gasteiger partial charge is 0.129 e. The van der Waals surface area contributed by atoms with Crippen LogP contribution in [0.3, 0.4) is 0 Å². The van der Waals surface area contributed by atoms with E-state index in [0.29, 0.717) is 18.8 Å². The van der Waals surface area contributed by atoms with Crippen molar-refractivity contribution >= 4 is 11.8 Å². The van der Waals surface area contributed by atoms with Crippen LogP contribution in [0, 0.1) is 0 Å². The van der Waals surface area contributed by atoms with E-state index in [9.17, 15) is 5.11 Å². The molecule has 1 saturated heterocycles. The van der Waals surface area contributed by atoms with Crippen LogP contribution < -0.4 is 5.32 Å². The second-order valence-corrected chi connectivity index (χ2v) is 5.26. The first-order chi connectivity index (χ1) is 7.72. The molecule has 5 heteroatoms. The van der Waals surface area contributed by atoms with Crippen molar-refractivity contribution in [3.63, 3.8) is 0 Å². The van der Waals surface area contributed by atoms with E-state index in [-0.39, 0.29) is 6.61 Å². The van der Waals surface area contributed by atoms with E-state index in [0.717, 1.165) is 23.7 Å². The molecule has 2 rings (SSSR count). The average molecular weight is 243 g/mol. The van der Waals surface area contributed by atoms with Crippen molar-refractivity contribution in [3.05, 3.63) is 23.7 Å². The monoisotopic (exact) mass is 243 g/mol. The Morgan fingerprint density at radius 3 is 2.88 bits per heavy atom. The standard InChI is InChI=1S/C11H17NO3S/c13-6-10-2-1-9(15-10)5-12-7-11(14)3-4-16-8-11/h1-2,12-14H,3-8H2. The van der Waals surface area contributed by atoms with Gasteiger partial charge in [0.2, 0.25) is 0 Å². The highest BCUT2D eigenvalue weighted by atomic mass is 32.2. The lowest BCUT2D eigenvalue weighted by Crippen LogP contribution is -2.40. The molecule has 0 radical (unpaired) electrons. The molecule has 0 aliphatic carbocycles. The lowest BCUT2D eigenvalue weighted by Gasteiger charge is -2.21. The fourth-order valence-corrected chi connectivity index (χ4v) is 3.05. The topological polar surface area (TPSA) is 65.6 Å². The molecule has 90 valence electrons. The maximum Gasteiger partial charge on any atom is 0.129 e. The molecule has 0 saturated carbocycles. The molecule has 1 aromatic heterocycles. The van der Waals surface area contributed by atoms with Crippen LogP contribution in [0.5, 0.6) is 0 Å². The summed E-state index contributed by atoms with van der Waals surface area (Å²) in [6.45, 7) is 1.11. The van der Waals surface area contributed by atoms with E-state index in [1.807, 2.05) is 6.07 Å². The van der Waals surface area contributed by atoms with E-state index in [1.165, 1.54) is 0 Å². The molecule has 1 aromatic rings. The number of hydrogen-bond acceptors (Lipinski definition) is 5. The summed E-state index contributed by atoms with van der Waals surface area (Å²) in [5.41, 5.74) is -0.558. The highest BCUT2D eigenvalue weighted by Gasteiger charge is 2.30. The van der Waals surface area contributed by atoms with Crippen LogP contribution in [-0.4, -0.2) is 33.9 Å². The quantitative estimate of drug-likeness (QED) is 0.711. The molecule has 0 amide bonds. The minimum absolute atomic E-state index is 0.0689. The summed E-state index contributed by atoms with van der Waals surface area (Å²) in [5.74, 6) is 3.21. The summed E-state index contributed by atoms with van der Waals surface area (Å²) in [6.07, 6.45) is 0.852. The third-order valence-corrected chi connectivity index (χ3v) is 3.94. The number of aliphatic hydroxyl groups is 2. The van der Waals surface area contributed by atoms with Crippen LogP contribution in [0.15, 0.2) is 16.5 Å². The molecule has 1 atom stereocenters. The van der Waals surface area contributed by atoms with E-state index >= 15 is 0 Å². The predicted octanol–water partition coefficient (Wildman–Crippen LogP) is 0.729. The van der Waals surface area contributed by atoms with Gasteiger partial charge < -0.3 is 19.9 Å². The van der Waals surface area contributed by atoms with Gasteiger partial charge in [-0.1, -0.05) is 0 Å². The molecule has 1 fully saturated rings. The Morgan fingerprint density at radius 2 is 2.25 bits per heavy atom. The van der Waals surface area contributed by atoms with Gasteiger partial charge >= 0.3 is 0 Å². The molecular formula is C11H17NO3S. The molecule has 3 N–H and O–H groups in total. The average Bonchev–Trinajstić information content (AvgIpc) is 2.88. The Labute approximate surface area is 99.0 Å². The highest BCUT2D eigenvalue weighted by molar-refractivity contribution is 7.99. The van der Waals surface area contributed by atoms with Crippen molar-refractivity contribution in [2.45, 2.75) is 25.2 Å². The number of aliphatic hydroxyl groups excluding tert-OH is 1. The lowest BCUT2D eigenvalue weighted by atomic mass is 10.0. The second-order valence-electron chi connectivity index (χ2n) is 4.16. The van der Waals surface area contributed by atoms with Gasteiger partial charge in [-0.25, -0.2) is 0 Å². The van der Waals surface area contributed by atoms with Gasteiger partial charge in [0.1, 0.15) is 18.1 Å². The molecular weight excluding hydrogens is 226 g/mol. The molecule has 0 aromatic carbocycles. The zero-order valence-electron chi connectivity index (χ0n) is 9.11. The van der Waals surface area contributed by atoms with Gasteiger partial charge in [-0.3, -0.25) is 0 Å². The van der Waals surface area contributed by atoms with Gasteiger partial charge in [0.05, 0.1) is 12.1 Å². The van der Waals surface area contributed by atoms with Crippen LogP contribution in [0.2, 0.25) is 0 Å². The zero-order chi connectivity index (χ0) is 11.4. The van der Waals surface area contributed by atoms with Crippen LogP contribution in [0.1, 0.15) is 17.9 Å². The highest BCUT2D eigenvalue weighted by Crippen LogP contribution is 2.27. The lowest BCUT2D eigenvalue weighted by molar-refractivity contribution is 0.0669. The van der Waals surface area contributed by atoms with Crippen molar-refractivity contribution in [3.8, 4) is 0 Å². The Bertz CT molecular complexity index is 334. The van der Waals surface area contributed by atoms with Crippen molar-refractivity contribution < 1.29 is 14.6 Å². The summed E-state index contributed by atoms with van der Waals surface area (Å²) in [5, 5.41) is 22.1. The van der Waals surface area contributed by atoms with E-state index in [4.69, 9.17) is 9.52 Å². The van der Waals surface area contributed by atoms with Crippen LogP contribution >= 0.6 is 11.8 Å². The van der Waals surface area contributed by atoms with Crippen LogP contribution in [-0.2, 0) is 13.2 Å². The second kappa shape index (κ2) is 5.23. The molecule has 0 bridgehead atoms. The number of hydrogen-bond donors (Lipinski definition) is 3. The Hall–Kier alpha value is -0.490. The number of furan rings is 1. The Balaban J connectivity index is 1.75. The molecule has 4 nitrogen and oxygen atoms in total. The van der Waals surface area contributed by atoms with Crippen molar-refractivity contribution in [2.75, 3.05) is 18.1 Å². The largest absolute Gasteiger partial charge is 0.462 e. The number of rotatable bonds is 5. The third kappa shape index (κ3) is 3.01. The zero-order valence-corrected chi connectivity index (χ0v) is 9.92. The first-order valence-electron chi connectivity index (χ1n) is 5.41. The number of nitrogens with one attached hydrogen (secondary N) is 1. The van der Waals surface area contributed by atoms with E-state index < -0.39 is 5.60 Å². The van der Waals surface area contributed by atoms with Gasteiger partial charge in [-0.2, -0.15) is 11.8 Å². The van der Waals surface area contributed by atoms with E-state index in [1.54, 1.807) is 17.8 Å². The Morgan fingerprint density at radius 1 is 1.44 bits per heavy atom. The molecule has 16 heavy (non-hydrogen) atoms. The minimum atomic E-state index is -0.558. The summed E-state index contributed by atoms with van der Waals surface area (Å²) < 4.78 is 5.33. The van der Waals surface area contributed by atoms with Gasteiger partial charge in [-0.15, -0.1) is 0 Å². The van der Waals surface area contributed by atoms with Gasteiger partial charge in [0.25, 0.3) is 0 Å². The number of thioether (sulfide) groups is 1. The normalized spacial score (nSPS) is 25.1. The summed E-state index contributed by atoms with van der Waals surface area (Å²) in [4.78, 5) is 0. The van der Waals surface area contributed by atoms with Crippen molar-refractivity contribution in [1.29, 1.82) is 0 Å². The first kappa shape index (κ1) is 12.0. The van der Waals surface area contributed by atoms with Gasteiger partial charge in [-0.05, 0) is 24.3 Å².